The van der Waals surface area contributed by atoms with Gasteiger partial charge in [-0.05, 0) is 83.9 Å². The van der Waals surface area contributed by atoms with Crippen molar-refractivity contribution in [3.8, 4) is 51.8 Å². The summed E-state index contributed by atoms with van der Waals surface area (Å²) >= 11 is 0. The summed E-state index contributed by atoms with van der Waals surface area (Å²) < 4.78 is 4.45. The lowest BCUT2D eigenvalue weighted by molar-refractivity contribution is 1.18. The summed E-state index contributed by atoms with van der Waals surface area (Å²) in [5, 5.41) is 34.5. The molecule has 0 spiro atoms. The van der Waals surface area contributed by atoms with Crippen LogP contribution in [0.2, 0.25) is 0 Å². The van der Waals surface area contributed by atoms with Crippen LogP contribution in [0.5, 0.6) is 0 Å². The van der Waals surface area contributed by atoms with Crippen molar-refractivity contribution in [2.75, 3.05) is 0 Å². The summed E-state index contributed by atoms with van der Waals surface area (Å²) in [4.78, 5) is 0. The molecule has 0 unspecified atom stereocenters. The lowest BCUT2D eigenvalue weighted by Gasteiger charge is -2.16. The van der Waals surface area contributed by atoms with Gasteiger partial charge >= 0.3 is 0 Å². The van der Waals surface area contributed by atoms with E-state index in [-0.39, 0.29) is 0 Å². The van der Waals surface area contributed by atoms with Gasteiger partial charge in [-0.15, -0.1) is 0 Å². The van der Waals surface area contributed by atoms with Gasteiger partial charge in [0.1, 0.15) is 0 Å². The van der Waals surface area contributed by atoms with E-state index in [1.165, 1.54) is 10.8 Å². The van der Waals surface area contributed by atoms with Crippen LogP contribution in [0.4, 0.5) is 0 Å². The largest absolute Gasteiger partial charge is 0.309 e. The van der Waals surface area contributed by atoms with Crippen LogP contribution < -0.4 is 0 Å². The highest BCUT2D eigenvalue weighted by molar-refractivity contribution is 6.11. The van der Waals surface area contributed by atoms with Gasteiger partial charge in [-0.25, -0.2) is 0 Å². The highest BCUT2D eigenvalue weighted by Gasteiger charge is 2.19. The van der Waals surface area contributed by atoms with E-state index in [1.54, 1.807) is 0 Å². The first kappa shape index (κ1) is 28.8. The second-order valence-corrected chi connectivity index (χ2v) is 12.3. The molecule has 0 saturated heterocycles. The molecule has 50 heavy (non-hydrogen) atoms. The second kappa shape index (κ2) is 11.4. The maximum atomic E-state index is 10.5. The van der Waals surface area contributed by atoms with Gasteiger partial charge in [0, 0.05) is 38.4 Å². The number of fused-ring (bicyclic) bond motifs is 6. The molecule has 0 aliphatic carbocycles. The first-order chi connectivity index (χ1) is 24.7. The van der Waals surface area contributed by atoms with Crippen molar-refractivity contribution in [1.29, 1.82) is 15.8 Å². The number of rotatable bonds is 4. The lowest BCUT2D eigenvalue weighted by atomic mass is 9.93. The molecule has 5 heteroatoms. The number of aromatic nitrogens is 2. The molecule has 0 bridgehead atoms. The van der Waals surface area contributed by atoms with E-state index in [2.05, 4.69) is 112 Å². The van der Waals surface area contributed by atoms with E-state index >= 15 is 0 Å². The summed E-state index contributed by atoms with van der Waals surface area (Å²) in [5.41, 5.74) is 11.2. The zero-order valence-corrected chi connectivity index (χ0v) is 26.7. The smallest absolute Gasteiger partial charge is 0.0998 e. The summed E-state index contributed by atoms with van der Waals surface area (Å²) in [6, 6.07) is 57.7. The van der Waals surface area contributed by atoms with Crippen LogP contribution in [0.3, 0.4) is 0 Å². The molecule has 5 nitrogen and oxygen atoms in total. The topological polar surface area (TPSA) is 81.2 Å². The number of nitrogens with zero attached hydrogens (tertiary/aromatic N) is 5. The summed E-state index contributed by atoms with van der Waals surface area (Å²) in [6.07, 6.45) is 0. The molecule has 2 heterocycles. The van der Waals surface area contributed by atoms with Gasteiger partial charge in [0.25, 0.3) is 0 Å². The van der Waals surface area contributed by atoms with Gasteiger partial charge in [0.15, 0.2) is 0 Å². The van der Waals surface area contributed by atoms with Gasteiger partial charge in [0.05, 0.1) is 62.7 Å². The number of hydrogen-bond donors (Lipinski definition) is 0. The van der Waals surface area contributed by atoms with Crippen LogP contribution in [-0.4, -0.2) is 9.13 Å². The van der Waals surface area contributed by atoms with E-state index in [9.17, 15) is 15.8 Å². The third-order valence-electron chi connectivity index (χ3n) is 9.64. The van der Waals surface area contributed by atoms with Crippen LogP contribution in [0.1, 0.15) is 16.7 Å². The molecule has 7 aromatic carbocycles. The Balaban J connectivity index is 1.17. The lowest BCUT2D eigenvalue weighted by Crippen LogP contribution is -1.99. The Morgan fingerprint density at radius 2 is 0.920 bits per heavy atom. The Labute approximate surface area is 287 Å². The number of benzene rings is 7. The molecule has 9 aromatic rings. The maximum absolute atomic E-state index is 10.5. The maximum Gasteiger partial charge on any atom is 0.0998 e. The molecule has 0 saturated carbocycles. The molecule has 2 aromatic heterocycles. The van der Waals surface area contributed by atoms with Crippen molar-refractivity contribution >= 4 is 43.6 Å². The Morgan fingerprint density at radius 1 is 0.380 bits per heavy atom. The van der Waals surface area contributed by atoms with Crippen molar-refractivity contribution in [3.05, 3.63) is 168 Å². The van der Waals surface area contributed by atoms with E-state index in [4.69, 9.17) is 0 Å². The minimum atomic E-state index is 0.505. The molecule has 0 aliphatic rings. The van der Waals surface area contributed by atoms with Gasteiger partial charge in [-0.1, -0.05) is 78.9 Å². The fourth-order valence-corrected chi connectivity index (χ4v) is 7.37. The Morgan fingerprint density at radius 3 is 1.56 bits per heavy atom. The Hall–Kier alpha value is -7.39. The third-order valence-corrected chi connectivity index (χ3v) is 9.64. The molecule has 0 amide bonds. The third kappa shape index (κ3) is 4.38. The molecule has 9 rings (SSSR count). The Bertz CT molecular complexity index is 2900. The molecule has 0 aliphatic heterocycles. The second-order valence-electron chi connectivity index (χ2n) is 12.3. The quantitative estimate of drug-likeness (QED) is 0.193. The average Bonchev–Trinajstić information content (AvgIpc) is 3.70. The molecular formula is C45H25N5. The van der Waals surface area contributed by atoms with Gasteiger partial charge in [-0.3, -0.25) is 0 Å². The summed E-state index contributed by atoms with van der Waals surface area (Å²) in [5.74, 6) is 0. The van der Waals surface area contributed by atoms with Gasteiger partial charge in [-0.2, -0.15) is 15.8 Å². The van der Waals surface area contributed by atoms with Crippen molar-refractivity contribution in [2.24, 2.45) is 0 Å². The zero-order valence-electron chi connectivity index (χ0n) is 26.7. The van der Waals surface area contributed by atoms with Crippen molar-refractivity contribution in [2.45, 2.75) is 0 Å². The normalized spacial score (nSPS) is 11.1. The minimum absolute atomic E-state index is 0.505. The van der Waals surface area contributed by atoms with Crippen molar-refractivity contribution in [3.63, 3.8) is 0 Å². The van der Waals surface area contributed by atoms with E-state index < -0.39 is 0 Å². The van der Waals surface area contributed by atoms with Crippen LogP contribution in [0.25, 0.3) is 77.2 Å². The highest BCUT2D eigenvalue weighted by Crippen LogP contribution is 2.39. The first-order valence-corrected chi connectivity index (χ1v) is 16.3. The van der Waals surface area contributed by atoms with Gasteiger partial charge < -0.3 is 9.13 Å². The van der Waals surface area contributed by atoms with Crippen LogP contribution in [0.15, 0.2) is 152 Å². The zero-order chi connectivity index (χ0) is 33.8. The van der Waals surface area contributed by atoms with Crippen molar-refractivity contribution < 1.29 is 0 Å². The van der Waals surface area contributed by atoms with E-state index in [0.717, 1.165) is 66.5 Å². The molecule has 0 fully saturated rings. The van der Waals surface area contributed by atoms with Crippen LogP contribution in [-0.2, 0) is 0 Å². The van der Waals surface area contributed by atoms with Crippen molar-refractivity contribution in [1.82, 2.24) is 9.13 Å². The fraction of sp³-hybridized carbons (Fsp3) is 0. The molecule has 0 atom stereocenters. The monoisotopic (exact) mass is 635 g/mol. The first-order valence-electron chi connectivity index (χ1n) is 16.3. The molecule has 230 valence electrons. The Kier molecular flexibility index (Phi) is 6.56. The molecular weight excluding hydrogens is 611 g/mol. The summed E-state index contributed by atoms with van der Waals surface area (Å²) in [6.45, 7) is 0. The molecule has 0 radical (unpaired) electrons. The number of hydrogen-bond acceptors (Lipinski definition) is 3. The minimum Gasteiger partial charge on any atom is -0.309 e. The van der Waals surface area contributed by atoms with Crippen LogP contribution >= 0.6 is 0 Å². The summed E-state index contributed by atoms with van der Waals surface area (Å²) in [7, 11) is 0. The van der Waals surface area contributed by atoms with Crippen LogP contribution in [0, 0.1) is 34.0 Å². The standard InChI is InChI=1S/C45H25N5/c46-26-29-13-21-44(50-43-12-6-3-9-38(43)40-24-30(27-47)14-22-45(40)50)39(23-29)35-20-17-32(25-33(35)28-48)31-15-18-34(19-16-31)49-41-10-4-1-7-36(41)37-8-2-5-11-42(37)49/h1-25H. The highest BCUT2D eigenvalue weighted by atomic mass is 15.0. The fourth-order valence-electron chi connectivity index (χ4n) is 7.37. The van der Waals surface area contributed by atoms with E-state index in [1.807, 2.05) is 66.7 Å². The number of nitriles is 3. The average molecular weight is 636 g/mol. The predicted molar refractivity (Wildman–Crippen MR) is 200 cm³/mol. The SMILES string of the molecule is N#Cc1ccc(-n2c3ccccc3c3cc(C#N)ccc32)c(-c2ccc(-c3ccc(-n4c5ccccc5c5ccccc54)cc3)cc2C#N)c1. The predicted octanol–water partition coefficient (Wildman–Crippen LogP) is 10.8. The molecule has 0 N–H and O–H groups in total. The van der Waals surface area contributed by atoms with E-state index in [0.29, 0.717) is 16.7 Å². The number of para-hydroxylation sites is 3. The van der Waals surface area contributed by atoms with Gasteiger partial charge in [0.2, 0.25) is 0 Å².